The maximum Gasteiger partial charge on any atom is 0.253 e. The molecule has 3 N–H and O–H groups in total. The summed E-state index contributed by atoms with van der Waals surface area (Å²) in [7, 11) is 0. The molecule has 0 unspecified atom stereocenters. The van der Waals surface area contributed by atoms with Gasteiger partial charge >= 0.3 is 0 Å². The number of hydrogen-bond donors (Lipinski definition) is 2. The normalized spacial score (nSPS) is 16.5. The molecule has 1 saturated heterocycles. The number of piperidine rings is 1. The van der Waals surface area contributed by atoms with Crippen molar-refractivity contribution in [3.8, 4) is 0 Å². The molecule has 1 aliphatic heterocycles. The first kappa shape index (κ1) is 12.7. The molecule has 0 radical (unpaired) electrons. The maximum absolute atomic E-state index is 12.4. The lowest BCUT2D eigenvalue weighted by Crippen LogP contribution is -2.41. The Hall–Kier alpha value is -2.37. The summed E-state index contributed by atoms with van der Waals surface area (Å²) in [4.78, 5) is 25.3. The van der Waals surface area contributed by atoms with Gasteiger partial charge in [-0.25, -0.2) is 0 Å². The van der Waals surface area contributed by atoms with Gasteiger partial charge in [0.1, 0.15) is 0 Å². The molecule has 2 aromatic rings. The zero-order valence-electron chi connectivity index (χ0n) is 11.0. The molecule has 0 atom stereocenters. The summed E-state index contributed by atoms with van der Waals surface area (Å²) < 4.78 is 0. The second kappa shape index (κ2) is 4.96. The number of benzene rings is 1. The minimum Gasteiger partial charge on any atom is -0.369 e. The Balaban J connectivity index is 1.74. The largest absolute Gasteiger partial charge is 0.369 e. The minimum absolute atomic E-state index is 0.00980. The van der Waals surface area contributed by atoms with Crippen LogP contribution in [0.15, 0.2) is 24.4 Å². The molecule has 1 aromatic heterocycles. The van der Waals surface area contributed by atoms with Crippen LogP contribution in [0.2, 0.25) is 0 Å². The van der Waals surface area contributed by atoms with Crippen molar-refractivity contribution in [3.05, 3.63) is 30.0 Å². The van der Waals surface area contributed by atoms with Crippen LogP contribution in [0.1, 0.15) is 23.2 Å². The Bertz CT molecular complexity index is 656. The lowest BCUT2D eigenvalue weighted by Gasteiger charge is -2.30. The molecule has 1 aliphatic rings. The summed E-state index contributed by atoms with van der Waals surface area (Å²) in [6.45, 7) is 1.15. The highest BCUT2D eigenvalue weighted by molar-refractivity contribution is 5.97. The number of nitrogens with two attached hydrogens (primary N) is 1. The second-order valence-corrected chi connectivity index (χ2v) is 5.14. The predicted molar refractivity (Wildman–Crippen MR) is 73.9 cm³/mol. The lowest BCUT2D eigenvalue weighted by molar-refractivity contribution is -0.123. The van der Waals surface area contributed by atoms with Gasteiger partial charge in [-0.05, 0) is 25.0 Å². The molecule has 6 heteroatoms. The van der Waals surface area contributed by atoms with Crippen molar-refractivity contribution in [2.75, 3.05) is 13.1 Å². The van der Waals surface area contributed by atoms with Crippen LogP contribution in [-0.4, -0.2) is 40.0 Å². The molecule has 0 aliphatic carbocycles. The zero-order valence-corrected chi connectivity index (χ0v) is 11.0. The number of nitrogens with zero attached hydrogens (tertiary/aromatic N) is 2. The molecule has 1 fully saturated rings. The predicted octanol–water partition coefficient (Wildman–Crippen LogP) is 0.900. The van der Waals surface area contributed by atoms with E-state index in [9.17, 15) is 9.59 Å². The fourth-order valence-corrected chi connectivity index (χ4v) is 2.62. The number of rotatable bonds is 2. The fraction of sp³-hybridized carbons (Fsp3) is 0.357. The van der Waals surface area contributed by atoms with E-state index in [1.54, 1.807) is 17.2 Å². The fourth-order valence-electron chi connectivity index (χ4n) is 2.62. The van der Waals surface area contributed by atoms with E-state index in [0.29, 0.717) is 31.5 Å². The molecule has 20 heavy (non-hydrogen) atoms. The number of carbonyl (C=O) groups excluding carboxylic acids is 2. The molecule has 0 saturated carbocycles. The molecular formula is C14H16N4O2. The number of hydrogen-bond acceptors (Lipinski definition) is 3. The van der Waals surface area contributed by atoms with E-state index >= 15 is 0 Å². The third-order valence-electron chi connectivity index (χ3n) is 3.87. The van der Waals surface area contributed by atoms with Crippen molar-refractivity contribution in [1.29, 1.82) is 0 Å². The number of fused-ring (bicyclic) bond motifs is 1. The van der Waals surface area contributed by atoms with E-state index in [4.69, 9.17) is 5.73 Å². The SMILES string of the molecule is NC(=O)C1CCN(C(=O)c2ccc3cn[nH]c3c2)CC1. The van der Waals surface area contributed by atoms with Crippen molar-refractivity contribution < 1.29 is 9.59 Å². The first-order chi connectivity index (χ1) is 9.65. The number of aromatic amines is 1. The van der Waals surface area contributed by atoms with Gasteiger partial charge in [0.05, 0.1) is 11.7 Å². The molecule has 1 aromatic carbocycles. The number of aromatic nitrogens is 2. The summed E-state index contributed by atoms with van der Waals surface area (Å²) in [6.07, 6.45) is 3.02. The molecule has 6 nitrogen and oxygen atoms in total. The third kappa shape index (κ3) is 2.24. The van der Waals surface area contributed by atoms with E-state index in [1.807, 2.05) is 12.1 Å². The number of likely N-dealkylation sites (tertiary alicyclic amines) is 1. The molecule has 0 spiro atoms. The Morgan fingerprint density at radius 2 is 2.05 bits per heavy atom. The first-order valence-electron chi connectivity index (χ1n) is 6.67. The monoisotopic (exact) mass is 272 g/mol. The Morgan fingerprint density at radius 1 is 1.30 bits per heavy atom. The minimum atomic E-state index is -0.268. The van der Waals surface area contributed by atoms with Crippen LogP contribution in [0.25, 0.3) is 10.9 Å². The van der Waals surface area contributed by atoms with Gasteiger partial charge in [0.15, 0.2) is 0 Å². The van der Waals surface area contributed by atoms with Crippen LogP contribution in [0, 0.1) is 5.92 Å². The van der Waals surface area contributed by atoms with E-state index in [2.05, 4.69) is 10.2 Å². The quantitative estimate of drug-likeness (QED) is 0.850. The Kier molecular flexibility index (Phi) is 3.14. The molecule has 2 amide bonds. The van der Waals surface area contributed by atoms with Crippen LogP contribution < -0.4 is 5.73 Å². The van der Waals surface area contributed by atoms with E-state index < -0.39 is 0 Å². The Labute approximate surface area is 115 Å². The van der Waals surface area contributed by atoms with Crippen molar-refractivity contribution in [3.63, 3.8) is 0 Å². The molecule has 2 heterocycles. The van der Waals surface area contributed by atoms with E-state index in [1.165, 1.54) is 0 Å². The first-order valence-corrected chi connectivity index (χ1v) is 6.67. The average Bonchev–Trinajstić information content (AvgIpc) is 2.94. The highest BCUT2D eigenvalue weighted by atomic mass is 16.2. The van der Waals surface area contributed by atoms with Crippen LogP contribution in [0.3, 0.4) is 0 Å². The van der Waals surface area contributed by atoms with Gasteiger partial charge in [-0.3, -0.25) is 14.7 Å². The molecular weight excluding hydrogens is 256 g/mol. The smallest absolute Gasteiger partial charge is 0.253 e. The maximum atomic E-state index is 12.4. The van der Waals surface area contributed by atoms with Crippen LogP contribution in [0.5, 0.6) is 0 Å². The second-order valence-electron chi connectivity index (χ2n) is 5.14. The van der Waals surface area contributed by atoms with Gasteiger partial charge in [-0.15, -0.1) is 0 Å². The van der Waals surface area contributed by atoms with Crippen LogP contribution in [-0.2, 0) is 4.79 Å². The topological polar surface area (TPSA) is 92.1 Å². The molecule has 0 bridgehead atoms. The van der Waals surface area contributed by atoms with Crippen molar-refractivity contribution in [1.82, 2.24) is 15.1 Å². The summed E-state index contributed by atoms with van der Waals surface area (Å²) in [5, 5.41) is 7.78. The van der Waals surface area contributed by atoms with Gasteiger partial charge < -0.3 is 10.6 Å². The van der Waals surface area contributed by atoms with Crippen LogP contribution in [0.4, 0.5) is 0 Å². The van der Waals surface area contributed by atoms with Gasteiger partial charge in [0.2, 0.25) is 5.91 Å². The highest BCUT2D eigenvalue weighted by Crippen LogP contribution is 2.20. The summed E-state index contributed by atoms with van der Waals surface area (Å²) in [6, 6.07) is 5.49. The molecule has 104 valence electrons. The van der Waals surface area contributed by atoms with Crippen molar-refractivity contribution >= 4 is 22.7 Å². The Morgan fingerprint density at radius 3 is 2.75 bits per heavy atom. The van der Waals surface area contributed by atoms with Gasteiger partial charge in [0, 0.05) is 30.0 Å². The zero-order chi connectivity index (χ0) is 14.1. The number of amides is 2. The molecule has 3 rings (SSSR count). The number of nitrogens with one attached hydrogen (secondary N) is 1. The number of carbonyl (C=O) groups is 2. The summed E-state index contributed by atoms with van der Waals surface area (Å²) in [5.41, 5.74) is 6.78. The van der Waals surface area contributed by atoms with Gasteiger partial charge in [-0.2, -0.15) is 5.10 Å². The van der Waals surface area contributed by atoms with Gasteiger partial charge in [0.25, 0.3) is 5.91 Å². The standard InChI is InChI=1S/C14H16N4O2/c15-13(19)9-3-5-18(6-4-9)14(20)10-1-2-11-8-16-17-12(11)7-10/h1-2,7-9H,3-6H2,(H2,15,19)(H,16,17). The lowest BCUT2D eigenvalue weighted by atomic mass is 9.96. The van der Waals surface area contributed by atoms with Crippen molar-refractivity contribution in [2.24, 2.45) is 11.7 Å². The summed E-state index contributed by atoms with van der Waals surface area (Å²) in [5.74, 6) is -0.380. The van der Waals surface area contributed by atoms with Gasteiger partial charge in [-0.1, -0.05) is 6.07 Å². The number of H-pyrrole nitrogens is 1. The van der Waals surface area contributed by atoms with Crippen LogP contribution >= 0.6 is 0 Å². The van der Waals surface area contributed by atoms with E-state index in [0.717, 1.165) is 10.9 Å². The highest BCUT2D eigenvalue weighted by Gasteiger charge is 2.26. The van der Waals surface area contributed by atoms with Crippen molar-refractivity contribution in [2.45, 2.75) is 12.8 Å². The summed E-state index contributed by atoms with van der Waals surface area (Å²) >= 11 is 0. The third-order valence-corrected chi connectivity index (χ3v) is 3.87. The number of primary amides is 1. The average molecular weight is 272 g/mol. The van der Waals surface area contributed by atoms with E-state index in [-0.39, 0.29) is 17.7 Å².